The number of hydrogen-bond donors (Lipinski definition) is 2. The summed E-state index contributed by atoms with van der Waals surface area (Å²) < 4.78 is 5.81. The third-order valence-corrected chi connectivity index (χ3v) is 6.02. The molecule has 0 bridgehead atoms. The molecule has 160 valence electrons. The molecule has 5 aromatic rings. The minimum Gasteiger partial charge on any atom is -0.348 e. The lowest BCUT2D eigenvalue weighted by molar-refractivity contribution is 0.631. The Hall–Kier alpha value is -4.02. The second-order valence-corrected chi connectivity index (χ2v) is 7.99. The number of para-hydroxylation sites is 2. The molecule has 32 heavy (non-hydrogen) atoms. The van der Waals surface area contributed by atoms with Gasteiger partial charge in [-0.15, -0.1) is 0 Å². The van der Waals surface area contributed by atoms with Crippen LogP contribution in [-0.4, -0.2) is 25.2 Å². The second-order valence-electron chi connectivity index (χ2n) is 7.99. The molecule has 7 nitrogen and oxygen atoms in total. The number of aryl methyl sites for hydroxylation is 2. The number of nitriles is 1. The van der Waals surface area contributed by atoms with E-state index in [1.54, 1.807) is 4.57 Å². The van der Waals surface area contributed by atoms with Crippen LogP contribution in [0.15, 0.2) is 65.7 Å². The number of hydrogen-bond acceptors (Lipinski definition) is 3. The normalized spacial score (nSPS) is 11.4. The van der Waals surface area contributed by atoms with Gasteiger partial charge in [-0.05, 0) is 31.5 Å². The van der Waals surface area contributed by atoms with Crippen LogP contribution in [0, 0.1) is 11.3 Å². The van der Waals surface area contributed by atoms with Crippen molar-refractivity contribution >= 4 is 21.8 Å². The number of H-pyrrole nitrogens is 1. The lowest BCUT2D eigenvalue weighted by Crippen LogP contribution is -2.15. The predicted molar refractivity (Wildman–Crippen MR) is 127 cm³/mol. The molecule has 5 rings (SSSR count). The van der Waals surface area contributed by atoms with Gasteiger partial charge in [0.2, 0.25) is 0 Å². The maximum atomic E-state index is 13.1. The fourth-order valence-electron chi connectivity index (χ4n) is 4.55. The number of aromatic amines is 1. The zero-order chi connectivity index (χ0) is 22.2. The van der Waals surface area contributed by atoms with Gasteiger partial charge in [-0.3, -0.25) is 9.55 Å². The van der Waals surface area contributed by atoms with E-state index < -0.39 is 0 Å². The van der Waals surface area contributed by atoms with Gasteiger partial charge in [0.1, 0.15) is 11.8 Å². The largest absolute Gasteiger partial charge is 0.348 e. The molecule has 0 saturated heterocycles. The summed E-state index contributed by atoms with van der Waals surface area (Å²) in [6, 6.07) is 18.2. The Morgan fingerprint density at radius 1 is 1.00 bits per heavy atom. The standard InChI is InChI=1S/C25H24N6O/c1-29-16-23(18-9-3-4-10-21(18)29)31-24(20(14-27)28-25(31)32)19-15-30(13-7-6-12-26)22-11-5-2-8-17(19)22/h2-5,8-11,15-16H,6-7,12-13,26H2,1H3,(H,28,32). The van der Waals surface area contributed by atoms with E-state index >= 15 is 0 Å². The molecule has 3 heterocycles. The maximum Gasteiger partial charge on any atom is 0.331 e. The molecule has 0 radical (unpaired) electrons. The Bertz CT molecular complexity index is 1540. The molecule has 0 spiro atoms. The average Bonchev–Trinajstić information content (AvgIpc) is 3.45. The molecular formula is C25H24N6O. The van der Waals surface area contributed by atoms with Gasteiger partial charge in [0.05, 0.1) is 11.4 Å². The second kappa shape index (κ2) is 7.91. The highest BCUT2D eigenvalue weighted by Crippen LogP contribution is 2.35. The summed E-state index contributed by atoms with van der Waals surface area (Å²) in [4.78, 5) is 15.9. The lowest BCUT2D eigenvalue weighted by atomic mass is 10.1. The van der Waals surface area contributed by atoms with Gasteiger partial charge in [0.25, 0.3) is 0 Å². The number of fused-ring (bicyclic) bond motifs is 2. The summed E-state index contributed by atoms with van der Waals surface area (Å²) >= 11 is 0. The first-order chi connectivity index (χ1) is 15.6. The minimum absolute atomic E-state index is 0.257. The molecular weight excluding hydrogens is 400 g/mol. The Morgan fingerprint density at radius 2 is 1.72 bits per heavy atom. The summed E-state index contributed by atoms with van der Waals surface area (Å²) in [5, 5.41) is 11.8. The van der Waals surface area contributed by atoms with Crippen molar-refractivity contribution in [3.8, 4) is 23.0 Å². The van der Waals surface area contributed by atoms with Gasteiger partial charge in [-0.25, -0.2) is 4.79 Å². The van der Waals surface area contributed by atoms with Gasteiger partial charge in [0.15, 0.2) is 0 Å². The summed E-state index contributed by atoms with van der Waals surface area (Å²) in [6.07, 6.45) is 5.89. The summed E-state index contributed by atoms with van der Waals surface area (Å²) in [7, 11) is 1.96. The molecule has 0 unspecified atom stereocenters. The van der Waals surface area contributed by atoms with Gasteiger partial charge in [-0.1, -0.05) is 36.4 Å². The molecule has 0 saturated carbocycles. The van der Waals surface area contributed by atoms with Crippen LogP contribution in [-0.2, 0) is 13.6 Å². The Kier molecular flexibility index (Phi) is 4.92. The van der Waals surface area contributed by atoms with E-state index in [1.165, 1.54) is 0 Å². The van der Waals surface area contributed by atoms with Crippen molar-refractivity contribution in [1.82, 2.24) is 18.7 Å². The van der Waals surface area contributed by atoms with Crippen LogP contribution < -0.4 is 11.4 Å². The molecule has 3 N–H and O–H groups in total. The minimum atomic E-state index is -0.326. The van der Waals surface area contributed by atoms with Crippen LogP contribution in [0.25, 0.3) is 38.8 Å². The van der Waals surface area contributed by atoms with E-state index in [9.17, 15) is 10.1 Å². The van der Waals surface area contributed by atoms with E-state index in [0.717, 1.165) is 52.4 Å². The van der Waals surface area contributed by atoms with E-state index in [0.29, 0.717) is 12.2 Å². The first-order valence-corrected chi connectivity index (χ1v) is 10.7. The van der Waals surface area contributed by atoms with Gasteiger partial charge >= 0.3 is 5.69 Å². The lowest BCUT2D eigenvalue weighted by Gasteiger charge is -2.06. The quantitative estimate of drug-likeness (QED) is 0.405. The zero-order valence-electron chi connectivity index (χ0n) is 17.9. The number of aromatic nitrogens is 4. The van der Waals surface area contributed by atoms with E-state index in [2.05, 4.69) is 21.7 Å². The molecule has 0 aliphatic heterocycles. The fourth-order valence-corrected chi connectivity index (χ4v) is 4.55. The van der Waals surface area contributed by atoms with Crippen molar-refractivity contribution in [2.24, 2.45) is 12.8 Å². The van der Waals surface area contributed by atoms with Crippen LogP contribution in [0.2, 0.25) is 0 Å². The highest BCUT2D eigenvalue weighted by atomic mass is 16.1. The van der Waals surface area contributed by atoms with E-state index in [-0.39, 0.29) is 11.4 Å². The summed E-state index contributed by atoms with van der Waals surface area (Å²) in [5.41, 5.74) is 9.90. The number of nitrogens with one attached hydrogen (secondary N) is 1. The number of benzene rings is 2. The van der Waals surface area contributed by atoms with Crippen LogP contribution >= 0.6 is 0 Å². The van der Waals surface area contributed by atoms with E-state index in [4.69, 9.17) is 5.73 Å². The zero-order valence-corrected chi connectivity index (χ0v) is 17.9. The van der Waals surface area contributed by atoms with Crippen LogP contribution in [0.3, 0.4) is 0 Å². The smallest absolute Gasteiger partial charge is 0.331 e. The molecule has 0 aliphatic rings. The van der Waals surface area contributed by atoms with Gasteiger partial charge in [0, 0.05) is 53.4 Å². The van der Waals surface area contributed by atoms with Gasteiger partial charge in [-0.2, -0.15) is 5.26 Å². The van der Waals surface area contributed by atoms with Crippen molar-refractivity contribution < 1.29 is 0 Å². The average molecular weight is 425 g/mol. The first-order valence-electron chi connectivity index (χ1n) is 10.7. The number of imidazole rings is 1. The SMILES string of the molecule is Cn1cc(-n2c(-c3cn(CCCCN)c4ccccc34)c(C#N)[nH]c2=O)c2ccccc21. The topological polar surface area (TPSA) is 97.5 Å². The molecule has 7 heteroatoms. The first kappa shape index (κ1) is 19.9. The van der Waals surface area contributed by atoms with Crippen molar-refractivity contribution in [3.63, 3.8) is 0 Å². The number of rotatable bonds is 6. The van der Waals surface area contributed by atoms with Crippen LogP contribution in [0.1, 0.15) is 18.5 Å². The fraction of sp³-hybridized carbons (Fsp3) is 0.200. The predicted octanol–water partition coefficient (Wildman–Crippen LogP) is 3.89. The van der Waals surface area contributed by atoms with Crippen molar-refractivity contribution in [2.45, 2.75) is 19.4 Å². The van der Waals surface area contributed by atoms with Crippen molar-refractivity contribution in [2.75, 3.05) is 6.54 Å². The van der Waals surface area contributed by atoms with Crippen molar-refractivity contribution in [3.05, 3.63) is 77.1 Å². The van der Waals surface area contributed by atoms with Crippen LogP contribution in [0.4, 0.5) is 0 Å². The maximum absolute atomic E-state index is 13.1. The summed E-state index contributed by atoms with van der Waals surface area (Å²) in [5.74, 6) is 0. The van der Waals surface area contributed by atoms with E-state index in [1.807, 2.05) is 66.5 Å². The van der Waals surface area contributed by atoms with Crippen molar-refractivity contribution in [1.29, 1.82) is 5.26 Å². The monoisotopic (exact) mass is 424 g/mol. The highest BCUT2D eigenvalue weighted by Gasteiger charge is 2.23. The Morgan fingerprint density at radius 3 is 2.47 bits per heavy atom. The molecule has 2 aromatic carbocycles. The Balaban J connectivity index is 1.80. The van der Waals surface area contributed by atoms with Crippen LogP contribution in [0.5, 0.6) is 0 Å². The Labute approximate surface area is 184 Å². The molecule has 3 aromatic heterocycles. The molecule has 0 amide bonds. The molecule has 0 atom stereocenters. The summed E-state index contributed by atoms with van der Waals surface area (Å²) in [6.45, 7) is 1.48. The number of unbranched alkanes of at least 4 members (excludes halogenated alkanes) is 1. The number of nitrogens with zero attached hydrogens (tertiary/aromatic N) is 4. The third-order valence-electron chi connectivity index (χ3n) is 6.02. The highest BCUT2D eigenvalue weighted by molar-refractivity contribution is 5.98. The van der Waals surface area contributed by atoms with Gasteiger partial charge < -0.3 is 14.9 Å². The molecule has 0 fully saturated rings. The molecule has 0 aliphatic carbocycles. The third kappa shape index (κ3) is 3.04. The number of nitrogens with two attached hydrogens (primary N) is 1.